The van der Waals surface area contributed by atoms with Crippen molar-refractivity contribution < 1.29 is 19.6 Å². The van der Waals surface area contributed by atoms with Gasteiger partial charge in [-0.15, -0.1) is 0 Å². The Balaban J connectivity index is 1.64. The van der Waals surface area contributed by atoms with Crippen LogP contribution in [0, 0.1) is 10.1 Å². The van der Waals surface area contributed by atoms with E-state index in [1.54, 1.807) is 28.8 Å². The fourth-order valence-corrected chi connectivity index (χ4v) is 3.55. The largest absolute Gasteiger partial charge is 0.478 e. The Labute approximate surface area is 196 Å². The molecule has 2 aromatic carbocycles. The van der Waals surface area contributed by atoms with Gasteiger partial charge in [-0.1, -0.05) is 24.3 Å². The molecule has 0 aliphatic heterocycles. The van der Waals surface area contributed by atoms with Gasteiger partial charge in [-0.05, 0) is 56.9 Å². The summed E-state index contributed by atoms with van der Waals surface area (Å²) >= 11 is 0. The van der Waals surface area contributed by atoms with Crippen molar-refractivity contribution in [3.05, 3.63) is 86.1 Å². The van der Waals surface area contributed by atoms with Crippen LogP contribution in [0.4, 0.5) is 5.69 Å². The average Bonchev–Trinajstić information content (AvgIpc) is 3.08. The molecule has 10 nitrogen and oxygen atoms in total. The SMILES string of the molecule is CCn1c(CCCc2ccc(OC(C)(C)C(=O)O)cc2)nn(Cc2cccc([N+](=O)[O-])c2)c1=O. The van der Waals surface area contributed by atoms with Gasteiger partial charge in [0.2, 0.25) is 0 Å². The van der Waals surface area contributed by atoms with Gasteiger partial charge in [0.15, 0.2) is 5.60 Å². The zero-order valence-corrected chi connectivity index (χ0v) is 19.4. The predicted octanol–water partition coefficient (Wildman–Crippen LogP) is 3.44. The molecule has 1 N–H and O–H groups in total. The van der Waals surface area contributed by atoms with Crippen LogP contribution in [0.1, 0.15) is 44.1 Å². The van der Waals surface area contributed by atoms with Crippen molar-refractivity contribution in [2.24, 2.45) is 0 Å². The molecule has 10 heteroatoms. The molecule has 0 amide bonds. The molecule has 34 heavy (non-hydrogen) atoms. The number of aryl methyl sites for hydroxylation is 2. The molecule has 180 valence electrons. The number of carbonyl (C=O) groups is 1. The van der Waals surface area contributed by atoms with Crippen LogP contribution in [-0.4, -0.2) is 35.9 Å². The molecule has 0 radical (unpaired) electrons. The Bertz CT molecular complexity index is 1230. The number of carboxylic acids is 1. The number of nitrogens with zero attached hydrogens (tertiary/aromatic N) is 4. The molecule has 1 aromatic heterocycles. The Morgan fingerprint density at radius 1 is 1.15 bits per heavy atom. The fraction of sp³-hybridized carbons (Fsp3) is 0.375. The van der Waals surface area contributed by atoms with E-state index in [1.807, 2.05) is 19.1 Å². The standard InChI is InChI=1S/C24H28N4O6/c1-4-26-21(25-27(23(26)31)16-18-8-5-9-19(15-18)28(32)33)10-6-7-17-11-13-20(14-12-17)34-24(2,3)22(29)30/h5,8-9,11-15H,4,6-7,10,16H2,1-3H3,(H,29,30). The van der Waals surface area contributed by atoms with Gasteiger partial charge in [-0.3, -0.25) is 14.7 Å². The van der Waals surface area contributed by atoms with Crippen molar-refractivity contribution in [2.75, 3.05) is 0 Å². The number of benzene rings is 2. The minimum Gasteiger partial charge on any atom is -0.478 e. The van der Waals surface area contributed by atoms with E-state index in [0.29, 0.717) is 30.1 Å². The Kier molecular flexibility index (Phi) is 7.50. The maximum atomic E-state index is 12.8. The summed E-state index contributed by atoms with van der Waals surface area (Å²) in [6, 6.07) is 13.5. The van der Waals surface area contributed by atoms with Gasteiger partial charge >= 0.3 is 11.7 Å². The third kappa shape index (κ3) is 5.89. The highest BCUT2D eigenvalue weighted by atomic mass is 16.6. The van der Waals surface area contributed by atoms with Gasteiger partial charge in [0.1, 0.15) is 11.6 Å². The maximum absolute atomic E-state index is 12.8. The first-order valence-electron chi connectivity index (χ1n) is 11.0. The van der Waals surface area contributed by atoms with Crippen molar-refractivity contribution in [1.82, 2.24) is 14.3 Å². The van der Waals surface area contributed by atoms with Crippen LogP contribution in [0.2, 0.25) is 0 Å². The molecule has 0 unspecified atom stereocenters. The first kappa shape index (κ1) is 24.7. The number of carboxylic acid groups (broad SMARTS) is 1. The fourth-order valence-electron chi connectivity index (χ4n) is 3.55. The third-order valence-electron chi connectivity index (χ3n) is 5.45. The number of non-ortho nitro benzene ring substituents is 1. The first-order chi connectivity index (χ1) is 16.1. The predicted molar refractivity (Wildman–Crippen MR) is 125 cm³/mol. The number of aliphatic carboxylic acids is 1. The van der Waals surface area contributed by atoms with E-state index >= 15 is 0 Å². The molecule has 0 saturated carbocycles. The lowest BCUT2D eigenvalue weighted by molar-refractivity contribution is -0.384. The van der Waals surface area contributed by atoms with Gasteiger partial charge in [0.25, 0.3) is 5.69 Å². The number of hydrogen-bond acceptors (Lipinski definition) is 6. The summed E-state index contributed by atoms with van der Waals surface area (Å²) in [5.74, 6) is 0.112. The molecular formula is C24H28N4O6. The number of nitro groups is 1. The average molecular weight is 469 g/mol. The minimum atomic E-state index is -1.31. The highest BCUT2D eigenvalue weighted by Crippen LogP contribution is 2.20. The van der Waals surface area contributed by atoms with E-state index in [9.17, 15) is 24.8 Å². The molecule has 3 aromatic rings. The Hall–Kier alpha value is -3.95. The van der Waals surface area contributed by atoms with Crippen LogP contribution in [0.25, 0.3) is 0 Å². The van der Waals surface area contributed by atoms with Crippen LogP contribution in [0.3, 0.4) is 0 Å². The lowest BCUT2D eigenvalue weighted by Gasteiger charge is -2.21. The van der Waals surface area contributed by atoms with Crippen LogP contribution < -0.4 is 10.4 Å². The van der Waals surface area contributed by atoms with Crippen molar-refractivity contribution >= 4 is 11.7 Å². The van der Waals surface area contributed by atoms with Crippen molar-refractivity contribution in [1.29, 1.82) is 0 Å². The summed E-state index contributed by atoms with van der Waals surface area (Å²) in [7, 11) is 0. The van der Waals surface area contributed by atoms with E-state index in [2.05, 4.69) is 5.10 Å². The zero-order valence-electron chi connectivity index (χ0n) is 19.4. The zero-order chi connectivity index (χ0) is 24.9. The normalized spacial score (nSPS) is 11.4. The topological polar surface area (TPSA) is 129 Å². The number of aromatic nitrogens is 3. The molecule has 0 aliphatic rings. The molecule has 0 bridgehead atoms. The second-order valence-electron chi connectivity index (χ2n) is 8.44. The molecule has 0 aliphatic carbocycles. The smallest absolute Gasteiger partial charge is 0.347 e. The Morgan fingerprint density at radius 2 is 1.85 bits per heavy atom. The van der Waals surface area contributed by atoms with E-state index in [1.165, 1.54) is 30.7 Å². The lowest BCUT2D eigenvalue weighted by Crippen LogP contribution is -2.37. The van der Waals surface area contributed by atoms with Crippen molar-refractivity contribution in [3.8, 4) is 5.75 Å². The molecular weight excluding hydrogens is 440 g/mol. The summed E-state index contributed by atoms with van der Waals surface area (Å²) in [4.78, 5) is 34.5. The van der Waals surface area contributed by atoms with Crippen molar-refractivity contribution in [3.63, 3.8) is 0 Å². The lowest BCUT2D eigenvalue weighted by atomic mass is 10.1. The summed E-state index contributed by atoms with van der Waals surface area (Å²) in [5, 5.41) is 24.7. The third-order valence-corrected chi connectivity index (χ3v) is 5.45. The number of rotatable bonds is 11. The monoisotopic (exact) mass is 468 g/mol. The second-order valence-corrected chi connectivity index (χ2v) is 8.44. The molecule has 0 atom stereocenters. The first-order valence-corrected chi connectivity index (χ1v) is 11.0. The summed E-state index contributed by atoms with van der Waals surface area (Å²) in [5.41, 5.74) is 0.114. The van der Waals surface area contributed by atoms with Crippen LogP contribution >= 0.6 is 0 Å². The molecule has 1 heterocycles. The number of hydrogen-bond donors (Lipinski definition) is 1. The second kappa shape index (κ2) is 10.3. The Morgan fingerprint density at radius 3 is 2.47 bits per heavy atom. The van der Waals surface area contributed by atoms with Gasteiger partial charge in [0.05, 0.1) is 11.5 Å². The van der Waals surface area contributed by atoms with Gasteiger partial charge in [0, 0.05) is 25.1 Å². The van der Waals surface area contributed by atoms with E-state index in [-0.39, 0.29) is 17.9 Å². The quantitative estimate of drug-likeness (QED) is 0.337. The van der Waals surface area contributed by atoms with Gasteiger partial charge in [-0.25, -0.2) is 14.3 Å². The molecule has 0 fully saturated rings. The van der Waals surface area contributed by atoms with Crippen LogP contribution in [0.15, 0.2) is 53.3 Å². The summed E-state index contributed by atoms with van der Waals surface area (Å²) in [6.07, 6.45) is 2.10. The van der Waals surface area contributed by atoms with Crippen LogP contribution in [0.5, 0.6) is 5.75 Å². The highest BCUT2D eigenvalue weighted by Gasteiger charge is 2.29. The van der Waals surface area contributed by atoms with Gasteiger partial charge < -0.3 is 9.84 Å². The maximum Gasteiger partial charge on any atom is 0.347 e. The van der Waals surface area contributed by atoms with Gasteiger partial charge in [-0.2, -0.15) is 5.10 Å². The number of nitro benzene ring substituents is 1. The molecule has 0 spiro atoms. The summed E-state index contributed by atoms with van der Waals surface area (Å²) < 4.78 is 8.47. The van der Waals surface area contributed by atoms with E-state index in [4.69, 9.17) is 4.74 Å². The van der Waals surface area contributed by atoms with Crippen LogP contribution in [-0.2, 0) is 30.7 Å². The minimum absolute atomic E-state index is 0.0244. The molecule has 0 saturated heterocycles. The number of ether oxygens (including phenoxy) is 1. The molecule has 3 rings (SSSR count). The summed E-state index contributed by atoms with van der Waals surface area (Å²) in [6.45, 7) is 5.51. The van der Waals surface area contributed by atoms with Crippen molar-refractivity contribution in [2.45, 2.75) is 58.7 Å². The highest BCUT2D eigenvalue weighted by molar-refractivity contribution is 5.76. The van der Waals surface area contributed by atoms with E-state index in [0.717, 1.165) is 18.4 Å². The van der Waals surface area contributed by atoms with E-state index < -0.39 is 16.5 Å².